The van der Waals surface area contributed by atoms with E-state index in [2.05, 4.69) is 32.0 Å². The molecule has 0 saturated carbocycles. The van der Waals surface area contributed by atoms with Crippen LogP contribution in [0.2, 0.25) is 0 Å². The van der Waals surface area contributed by atoms with E-state index in [1.807, 2.05) is 25.5 Å². The molecule has 9 nitrogen and oxygen atoms in total. The monoisotopic (exact) mass is 497 g/mol. The minimum Gasteiger partial charge on any atom is -0.435 e. The molecule has 0 unspecified atom stereocenters. The molecule has 11 heteroatoms. The third kappa shape index (κ3) is 4.75. The van der Waals surface area contributed by atoms with Gasteiger partial charge in [0.2, 0.25) is 0 Å². The fraction of sp³-hybridized carbons (Fsp3) is 0.440. The van der Waals surface area contributed by atoms with Crippen molar-refractivity contribution in [2.75, 3.05) is 20.1 Å². The maximum absolute atomic E-state index is 12.9. The topological polar surface area (TPSA) is 101 Å². The van der Waals surface area contributed by atoms with Crippen LogP contribution in [0.4, 0.5) is 8.78 Å². The van der Waals surface area contributed by atoms with Crippen molar-refractivity contribution < 1.29 is 18.3 Å². The van der Waals surface area contributed by atoms with E-state index < -0.39 is 12.2 Å². The lowest BCUT2D eigenvalue weighted by Crippen LogP contribution is -2.40. The van der Waals surface area contributed by atoms with Gasteiger partial charge in [-0.15, -0.1) is 0 Å². The molecule has 0 aliphatic carbocycles. The number of carbonyl (C=O) groups excluding carboxylic acids is 1. The Kier molecular flexibility index (Phi) is 6.11. The van der Waals surface area contributed by atoms with Crippen molar-refractivity contribution in [3.63, 3.8) is 0 Å². The summed E-state index contributed by atoms with van der Waals surface area (Å²) in [5.74, 6) is -0.225. The summed E-state index contributed by atoms with van der Waals surface area (Å²) in [5, 5.41) is 8.47. The highest BCUT2D eigenvalue weighted by atomic mass is 19.3. The highest BCUT2D eigenvalue weighted by molar-refractivity contribution is 6.05. The fourth-order valence-electron chi connectivity index (χ4n) is 4.59. The van der Waals surface area contributed by atoms with E-state index in [1.54, 1.807) is 24.5 Å². The number of hydrogen-bond donors (Lipinski definition) is 2. The van der Waals surface area contributed by atoms with E-state index >= 15 is 0 Å². The number of amides is 1. The van der Waals surface area contributed by atoms with Crippen molar-refractivity contribution >= 4 is 28.0 Å². The molecule has 2 N–H and O–H groups in total. The van der Waals surface area contributed by atoms with Crippen molar-refractivity contribution in [2.45, 2.75) is 51.8 Å². The van der Waals surface area contributed by atoms with Gasteiger partial charge in [-0.3, -0.25) is 9.48 Å². The molecular weight excluding hydrogens is 468 g/mol. The van der Waals surface area contributed by atoms with Gasteiger partial charge in [-0.05, 0) is 71.9 Å². The molecule has 0 radical (unpaired) electrons. The van der Waals surface area contributed by atoms with Gasteiger partial charge in [0, 0.05) is 17.1 Å². The molecule has 1 saturated heterocycles. The number of carbonyl (C=O) groups is 1. The van der Waals surface area contributed by atoms with Crippen LogP contribution in [-0.4, -0.2) is 67.8 Å². The highest BCUT2D eigenvalue weighted by Gasteiger charge is 2.25. The number of alkyl halides is 2. The van der Waals surface area contributed by atoms with Gasteiger partial charge < -0.3 is 19.9 Å². The van der Waals surface area contributed by atoms with Crippen molar-refractivity contribution in [1.29, 1.82) is 0 Å². The number of benzene rings is 1. The van der Waals surface area contributed by atoms with Crippen LogP contribution in [0.3, 0.4) is 0 Å². The minimum atomic E-state index is -2.94. The number of nitrogens with one attached hydrogen (secondary N) is 2. The summed E-state index contributed by atoms with van der Waals surface area (Å²) in [5.41, 5.74) is 2.59. The molecule has 36 heavy (non-hydrogen) atoms. The van der Waals surface area contributed by atoms with Gasteiger partial charge in [0.1, 0.15) is 22.7 Å². The third-order valence-corrected chi connectivity index (χ3v) is 6.29. The summed E-state index contributed by atoms with van der Waals surface area (Å²) in [7, 11) is 2.09. The first kappa shape index (κ1) is 24.1. The normalized spacial score (nSPS) is 15.8. The minimum absolute atomic E-state index is 0.0441. The summed E-state index contributed by atoms with van der Waals surface area (Å²) < 4.78 is 32.5. The van der Waals surface area contributed by atoms with Crippen molar-refractivity contribution in [3.8, 4) is 17.1 Å². The number of rotatable bonds is 5. The van der Waals surface area contributed by atoms with Gasteiger partial charge >= 0.3 is 6.61 Å². The Hall–Kier alpha value is -3.60. The maximum Gasteiger partial charge on any atom is 0.387 e. The highest BCUT2D eigenvalue weighted by Crippen LogP contribution is 2.35. The first-order chi connectivity index (χ1) is 17.1. The molecular formula is C25H29F2N7O2. The Morgan fingerprint density at radius 1 is 1.25 bits per heavy atom. The Morgan fingerprint density at radius 3 is 2.69 bits per heavy atom. The number of aromatic amines is 1. The summed E-state index contributed by atoms with van der Waals surface area (Å²) in [6.45, 7) is 4.65. The maximum atomic E-state index is 12.9. The van der Waals surface area contributed by atoms with Crippen LogP contribution in [0.25, 0.3) is 33.5 Å². The second-order valence-electron chi connectivity index (χ2n) is 10.2. The van der Waals surface area contributed by atoms with E-state index in [4.69, 9.17) is 10.1 Å². The van der Waals surface area contributed by atoms with Gasteiger partial charge in [-0.2, -0.15) is 13.9 Å². The molecule has 0 spiro atoms. The number of ether oxygens (including phenoxy) is 1. The van der Waals surface area contributed by atoms with Gasteiger partial charge in [0.25, 0.3) is 5.91 Å². The quantitative estimate of drug-likeness (QED) is 0.425. The molecule has 1 aliphatic heterocycles. The zero-order valence-electron chi connectivity index (χ0n) is 20.7. The van der Waals surface area contributed by atoms with E-state index in [9.17, 15) is 13.6 Å². The molecule has 3 aromatic heterocycles. The van der Waals surface area contributed by atoms with Crippen molar-refractivity contribution in [3.05, 3.63) is 36.2 Å². The van der Waals surface area contributed by atoms with Crippen LogP contribution in [0, 0.1) is 0 Å². The molecule has 1 aliphatic rings. The summed E-state index contributed by atoms with van der Waals surface area (Å²) in [4.78, 5) is 27.3. The average molecular weight is 498 g/mol. The predicted octanol–water partition coefficient (Wildman–Crippen LogP) is 4.37. The first-order valence-electron chi connectivity index (χ1n) is 11.9. The molecule has 4 heterocycles. The zero-order chi connectivity index (χ0) is 25.6. The second-order valence-corrected chi connectivity index (χ2v) is 10.2. The van der Waals surface area contributed by atoms with E-state index in [1.165, 1.54) is 6.07 Å². The number of fused-ring (bicyclic) bond motifs is 2. The molecule has 190 valence electrons. The van der Waals surface area contributed by atoms with Crippen LogP contribution < -0.4 is 10.1 Å². The smallest absolute Gasteiger partial charge is 0.387 e. The molecule has 4 aromatic rings. The lowest BCUT2D eigenvalue weighted by Gasteiger charge is -2.29. The number of H-pyrrole nitrogens is 1. The number of halogens is 2. The van der Waals surface area contributed by atoms with Crippen LogP contribution in [0.15, 0.2) is 30.6 Å². The Bertz CT molecular complexity index is 1420. The van der Waals surface area contributed by atoms with E-state index in [0.29, 0.717) is 33.5 Å². The Labute approximate surface area is 206 Å². The SMILES string of the molecule is CN1CCC(n2nc(-c3cnc4[nH]cc(C(=O)NC(C)(C)C)c4n3)c3cc(OC(F)F)ccc32)CC1. The lowest BCUT2D eigenvalue weighted by molar-refractivity contribution is -0.0497. The summed E-state index contributed by atoms with van der Waals surface area (Å²) >= 11 is 0. The fourth-order valence-corrected chi connectivity index (χ4v) is 4.59. The van der Waals surface area contributed by atoms with E-state index in [0.717, 1.165) is 31.4 Å². The number of aromatic nitrogens is 5. The Balaban J connectivity index is 1.62. The zero-order valence-corrected chi connectivity index (χ0v) is 20.7. The van der Waals surface area contributed by atoms with Crippen molar-refractivity contribution in [1.82, 2.24) is 34.9 Å². The summed E-state index contributed by atoms with van der Waals surface area (Å²) in [6.07, 6.45) is 4.99. The van der Waals surface area contributed by atoms with Crippen LogP contribution in [0.5, 0.6) is 5.75 Å². The largest absolute Gasteiger partial charge is 0.435 e. The number of nitrogens with zero attached hydrogens (tertiary/aromatic N) is 5. The van der Waals surface area contributed by atoms with Crippen LogP contribution in [-0.2, 0) is 0 Å². The number of likely N-dealkylation sites (tertiary alicyclic amines) is 1. The van der Waals surface area contributed by atoms with Crippen molar-refractivity contribution in [2.24, 2.45) is 0 Å². The molecule has 1 aromatic carbocycles. The van der Waals surface area contributed by atoms with Gasteiger partial charge in [0.15, 0.2) is 5.65 Å². The molecule has 1 amide bonds. The van der Waals surface area contributed by atoms with Crippen LogP contribution in [0.1, 0.15) is 50.0 Å². The van der Waals surface area contributed by atoms with E-state index in [-0.39, 0.29) is 17.7 Å². The molecule has 0 bridgehead atoms. The second kappa shape index (κ2) is 9.12. The average Bonchev–Trinajstić information content (AvgIpc) is 3.39. The standard InChI is InChI=1S/C25H29F2N7O2/c1-25(2,3)31-23(35)17-12-28-22-21(17)30-18(13-29-22)20-16-11-15(36-24(26)27)5-6-19(16)34(32-20)14-7-9-33(4)10-8-14/h5-6,11-14,24H,7-10H2,1-4H3,(H,28,29)(H,31,35). The van der Waals surface area contributed by atoms with Gasteiger partial charge in [0.05, 0.1) is 23.3 Å². The number of piperidine rings is 1. The number of hydrogen-bond acceptors (Lipinski definition) is 6. The molecule has 5 rings (SSSR count). The molecule has 0 atom stereocenters. The molecule has 1 fully saturated rings. The van der Waals surface area contributed by atoms with Crippen LogP contribution >= 0.6 is 0 Å². The lowest BCUT2D eigenvalue weighted by atomic mass is 10.1. The first-order valence-corrected chi connectivity index (χ1v) is 11.9. The van der Waals surface area contributed by atoms with Gasteiger partial charge in [-0.25, -0.2) is 9.97 Å². The Morgan fingerprint density at radius 2 is 2.00 bits per heavy atom. The van der Waals surface area contributed by atoms with Gasteiger partial charge in [-0.1, -0.05) is 0 Å². The predicted molar refractivity (Wildman–Crippen MR) is 132 cm³/mol. The summed E-state index contributed by atoms with van der Waals surface area (Å²) in [6, 6.07) is 5.01. The third-order valence-electron chi connectivity index (χ3n) is 6.29.